The number of nitrogens with two attached hydrogens (primary N) is 1. The molecular weight excluding hydrogens is 381 g/mol. The van der Waals surface area contributed by atoms with Gasteiger partial charge < -0.3 is 30.8 Å². The van der Waals surface area contributed by atoms with Crippen LogP contribution < -0.4 is 21.3 Å². The first-order valence-electron chi connectivity index (χ1n) is 10.3. The Bertz CT molecular complexity index is 1120. The predicted molar refractivity (Wildman–Crippen MR) is 115 cm³/mol. The Labute approximate surface area is 174 Å². The Hall–Kier alpha value is -2.65. The zero-order valence-electron chi connectivity index (χ0n) is 16.5. The number of aromatic nitrogens is 1. The van der Waals surface area contributed by atoms with Crippen LogP contribution in [0.4, 0.5) is 0 Å². The van der Waals surface area contributed by atoms with Crippen molar-refractivity contribution in [2.24, 2.45) is 5.73 Å². The molecule has 1 aromatic heterocycles. The maximum Gasteiger partial charge on any atom is 0.488 e. The quantitative estimate of drug-likeness (QED) is 0.320. The van der Waals surface area contributed by atoms with Crippen LogP contribution in [0.15, 0.2) is 42.6 Å². The number of ether oxygens (including phenoxy) is 1. The van der Waals surface area contributed by atoms with E-state index in [1.807, 2.05) is 12.1 Å². The molecule has 1 spiro atoms. The molecule has 3 aromatic rings. The molecule has 2 aromatic carbocycles. The third-order valence-electron chi connectivity index (χ3n) is 6.57. The van der Waals surface area contributed by atoms with Gasteiger partial charge in [0.25, 0.3) is 0 Å². The average molecular weight is 405 g/mol. The molecule has 2 aliphatic rings. The molecule has 0 saturated carbocycles. The van der Waals surface area contributed by atoms with Crippen LogP contribution in [0.3, 0.4) is 0 Å². The highest BCUT2D eigenvalue weighted by molar-refractivity contribution is 6.58. The van der Waals surface area contributed by atoms with E-state index in [1.165, 1.54) is 0 Å². The minimum atomic E-state index is -1.56. The summed E-state index contributed by atoms with van der Waals surface area (Å²) < 4.78 is 6.28. The van der Waals surface area contributed by atoms with E-state index >= 15 is 0 Å². The lowest BCUT2D eigenvalue weighted by atomic mass is 9.68. The number of aromatic amines is 1. The van der Waals surface area contributed by atoms with Crippen molar-refractivity contribution in [1.29, 1.82) is 0 Å². The molecule has 3 heterocycles. The Morgan fingerprint density at radius 3 is 2.73 bits per heavy atom. The number of hydrogen-bond acceptors (Lipinski definition) is 6. The van der Waals surface area contributed by atoms with Gasteiger partial charge in [-0.2, -0.15) is 0 Å². The Balaban J connectivity index is 1.57. The zero-order valence-corrected chi connectivity index (χ0v) is 16.5. The number of carbonyl (C=O) groups is 1. The van der Waals surface area contributed by atoms with E-state index in [2.05, 4.69) is 16.4 Å². The van der Waals surface area contributed by atoms with E-state index < -0.39 is 13.2 Å². The summed E-state index contributed by atoms with van der Waals surface area (Å²) in [4.78, 5) is 16.8. The summed E-state index contributed by atoms with van der Waals surface area (Å²) in [5.74, 6) is 0.698. The number of benzene rings is 2. The third-order valence-corrected chi connectivity index (χ3v) is 6.57. The van der Waals surface area contributed by atoms with Crippen molar-refractivity contribution in [3.63, 3.8) is 0 Å². The second-order valence-electron chi connectivity index (χ2n) is 8.18. The summed E-state index contributed by atoms with van der Waals surface area (Å²) in [5, 5.41) is 23.0. The standard InChI is InChI=1S/C22H24BN3O4/c24-11-13-1-4-19-17(9-13)22(5-7-25-8-6-22)21(30-19)20(27)16-12-26-18-10-14(23(28)29)2-3-15(16)18/h1-4,9-10,12,21,25-26,28-29H,5-8,11,24H2. The first kappa shape index (κ1) is 19.3. The Kier molecular flexibility index (Phi) is 4.67. The fourth-order valence-electron chi connectivity index (χ4n) is 4.94. The molecule has 8 heteroatoms. The first-order valence-corrected chi connectivity index (χ1v) is 10.3. The highest BCUT2D eigenvalue weighted by atomic mass is 16.5. The van der Waals surface area contributed by atoms with Crippen molar-refractivity contribution in [3.05, 3.63) is 59.3 Å². The van der Waals surface area contributed by atoms with Crippen molar-refractivity contribution >= 4 is 29.3 Å². The first-order chi connectivity index (χ1) is 14.5. The smallest absolute Gasteiger partial charge is 0.481 e. The molecule has 5 rings (SSSR count). The van der Waals surface area contributed by atoms with Gasteiger partial charge >= 0.3 is 7.12 Å². The summed E-state index contributed by atoms with van der Waals surface area (Å²) in [7, 11) is -1.56. The highest BCUT2D eigenvalue weighted by Gasteiger charge is 2.53. The summed E-state index contributed by atoms with van der Waals surface area (Å²) in [6, 6.07) is 11.0. The molecule has 2 aliphatic heterocycles. The van der Waals surface area contributed by atoms with Crippen LogP contribution in [0, 0.1) is 0 Å². The maximum absolute atomic E-state index is 13.7. The minimum Gasteiger partial charge on any atom is -0.481 e. The molecule has 0 amide bonds. The zero-order chi connectivity index (χ0) is 20.9. The van der Waals surface area contributed by atoms with Crippen LogP contribution in [-0.4, -0.2) is 47.1 Å². The third kappa shape index (κ3) is 2.87. The van der Waals surface area contributed by atoms with Gasteiger partial charge in [0.15, 0.2) is 6.10 Å². The van der Waals surface area contributed by atoms with Gasteiger partial charge in [-0.15, -0.1) is 0 Å². The number of fused-ring (bicyclic) bond motifs is 3. The summed E-state index contributed by atoms with van der Waals surface area (Å²) in [5.41, 5.74) is 9.21. The van der Waals surface area contributed by atoms with Gasteiger partial charge in [-0.1, -0.05) is 24.3 Å². The lowest BCUT2D eigenvalue weighted by Crippen LogP contribution is -2.50. The molecule has 7 nitrogen and oxygen atoms in total. The van der Waals surface area contributed by atoms with Gasteiger partial charge in [-0.05, 0) is 49.1 Å². The van der Waals surface area contributed by atoms with E-state index in [9.17, 15) is 14.8 Å². The second-order valence-corrected chi connectivity index (χ2v) is 8.18. The summed E-state index contributed by atoms with van der Waals surface area (Å²) in [6.07, 6.45) is 2.71. The highest BCUT2D eigenvalue weighted by Crippen LogP contribution is 2.49. The number of ketones is 1. The van der Waals surface area contributed by atoms with Gasteiger partial charge in [0.1, 0.15) is 5.75 Å². The average Bonchev–Trinajstić information content (AvgIpc) is 3.33. The molecular formula is C22H24BN3O4. The van der Waals surface area contributed by atoms with Crippen LogP contribution in [0.25, 0.3) is 10.9 Å². The Morgan fingerprint density at radius 1 is 1.20 bits per heavy atom. The molecule has 154 valence electrons. The van der Waals surface area contributed by atoms with Crippen LogP contribution in [0.2, 0.25) is 0 Å². The molecule has 0 bridgehead atoms. The van der Waals surface area contributed by atoms with Crippen LogP contribution >= 0.6 is 0 Å². The number of hydrogen-bond donors (Lipinski definition) is 5. The van der Waals surface area contributed by atoms with E-state index in [-0.39, 0.29) is 11.2 Å². The van der Waals surface area contributed by atoms with Crippen molar-refractivity contribution < 1.29 is 19.6 Å². The number of carbonyl (C=O) groups excluding carboxylic acids is 1. The monoisotopic (exact) mass is 405 g/mol. The number of piperidine rings is 1. The second kappa shape index (κ2) is 7.25. The fourth-order valence-corrected chi connectivity index (χ4v) is 4.94. The molecule has 6 N–H and O–H groups in total. The predicted octanol–water partition coefficient (Wildman–Crippen LogP) is 0.571. The summed E-state index contributed by atoms with van der Waals surface area (Å²) in [6.45, 7) is 2.10. The van der Waals surface area contributed by atoms with Crippen molar-refractivity contribution in [2.75, 3.05) is 13.1 Å². The molecule has 0 aliphatic carbocycles. The van der Waals surface area contributed by atoms with Crippen molar-refractivity contribution in [3.8, 4) is 5.75 Å². The lowest BCUT2D eigenvalue weighted by molar-refractivity contribution is 0.0649. The van der Waals surface area contributed by atoms with Gasteiger partial charge in [0.2, 0.25) is 5.78 Å². The van der Waals surface area contributed by atoms with E-state index in [4.69, 9.17) is 10.5 Å². The van der Waals surface area contributed by atoms with Crippen molar-refractivity contribution in [2.45, 2.75) is 30.9 Å². The lowest BCUT2D eigenvalue weighted by Gasteiger charge is -2.37. The number of H-pyrrole nitrogens is 1. The number of rotatable bonds is 4. The van der Waals surface area contributed by atoms with Crippen LogP contribution in [0.5, 0.6) is 5.75 Å². The van der Waals surface area contributed by atoms with E-state index in [0.29, 0.717) is 23.1 Å². The summed E-state index contributed by atoms with van der Waals surface area (Å²) >= 11 is 0. The Morgan fingerprint density at radius 2 is 2.00 bits per heavy atom. The van der Waals surface area contributed by atoms with Crippen LogP contribution in [0.1, 0.15) is 34.3 Å². The molecule has 1 fully saturated rings. The van der Waals surface area contributed by atoms with Gasteiger partial charge in [-0.3, -0.25) is 4.79 Å². The molecule has 1 saturated heterocycles. The topological polar surface area (TPSA) is 121 Å². The van der Waals surface area contributed by atoms with Crippen LogP contribution in [-0.2, 0) is 12.0 Å². The fraction of sp³-hybridized carbons (Fsp3) is 0.318. The van der Waals surface area contributed by atoms with Gasteiger partial charge in [-0.25, -0.2) is 0 Å². The number of Topliss-reactive ketones (excluding diaryl/α,β-unsaturated/α-hetero) is 1. The van der Waals surface area contributed by atoms with Gasteiger partial charge in [0.05, 0.1) is 0 Å². The largest absolute Gasteiger partial charge is 0.488 e. The van der Waals surface area contributed by atoms with E-state index in [0.717, 1.165) is 48.2 Å². The van der Waals surface area contributed by atoms with Gasteiger partial charge in [0, 0.05) is 40.2 Å². The maximum atomic E-state index is 13.7. The van der Waals surface area contributed by atoms with E-state index in [1.54, 1.807) is 24.4 Å². The number of nitrogens with one attached hydrogen (secondary N) is 2. The molecule has 0 radical (unpaired) electrons. The molecule has 1 atom stereocenters. The van der Waals surface area contributed by atoms with Crippen molar-refractivity contribution in [1.82, 2.24) is 10.3 Å². The minimum absolute atomic E-state index is 0.0639. The normalized spacial score (nSPS) is 19.6. The molecule has 30 heavy (non-hydrogen) atoms. The molecule has 1 unspecified atom stereocenters. The SMILES string of the molecule is NCc1ccc2c(c1)C1(CCNCC1)C(C(=O)c1c[nH]c3cc(B(O)O)ccc13)O2.